The van der Waals surface area contributed by atoms with E-state index in [1.165, 1.54) is 0 Å². The summed E-state index contributed by atoms with van der Waals surface area (Å²) in [5.41, 5.74) is 0. The highest BCUT2D eigenvalue weighted by Crippen LogP contribution is 2.20. The molecule has 50 valence electrons. The molecule has 1 aromatic rings. The van der Waals surface area contributed by atoms with Crippen LogP contribution in [0.25, 0.3) is 0 Å². The van der Waals surface area contributed by atoms with Crippen molar-refractivity contribution in [1.29, 1.82) is 0 Å². The third kappa shape index (κ3) is 1.08. The van der Waals surface area contributed by atoms with Crippen molar-refractivity contribution in [2.75, 3.05) is 7.11 Å². The summed E-state index contributed by atoms with van der Waals surface area (Å²) in [4.78, 5) is 3.94. The quantitative estimate of drug-likeness (QED) is 0.666. The Labute approximate surface area is 61.8 Å². The van der Waals surface area contributed by atoms with E-state index in [4.69, 9.17) is 4.74 Å². The van der Waals surface area contributed by atoms with Gasteiger partial charge in [0.15, 0.2) is 4.60 Å². The van der Waals surface area contributed by atoms with E-state index in [-0.39, 0.29) is 0 Å². The first kappa shape index (κ1) is 6.61. The van der Waals surface area contributed by atoms with Crippen LogP contribution in [0.2, 0.25) is 0 Å². The minimum Gasteiger partial charge on any atom is -0.480 e. The number of hydrogen-bond donors (Lipinski definition) is 0. The van der Waals surface area contributed by atoms with Gasteiger partial charge >= 0.3 is 0 Å². The molecule has 3 nitrogen and oxygen atoms in total. The Balaban J connectivity index is 3.07. The minimum absolute atomic E-state index is 0.743. The third-order valence-electron chi connectivity index (χ3n) is 1.03. The topological polar surface area (TPSA) is 27.1 Å². The highest BCUT2D eigenvalue weighted by atomic mass is 79.9. The molecule has 0 spiro atoms. The lowest BCUT2D eigenvalue weighted by molar-refractivity contribution is 0.379. The van der Waals surface area contributed by atoms with Crippen molar-refractivity contribution < 1.29 is 4.74 Å². The summed E-state index contributed by atoms with van der Waals surface area (Å²) < 4.78 is 7.51. The number of hydrogen-bond acceptors (Lipinski definition) is 2. The van der Waals surface area contributed by atoms with Crippen LogP contribution < -0.4 is 4.74 Å². The molecular weight excluding hydrogens is 184 g/mol. The average molecular weight is 191 g/mol. The summed E-state index contributed by atoms with van der Waals surface area (Å²) in [6, 6.07) is 0. The van der Waals surface area contributed by atoms with Gasteiger partial charge in [-0.2, -0.15) is 0 Å². The van der Waals surface area contributed by atoms with Gasteiger partial charge in [0.25, 0.3) is 0 Å². The van der Waals surface area contributed by atoms with Gasteiger partial charge in [0.2, 0.25) is 5.88 Å². The number of aromatic nitrogens is 2. The molecule has 0 amide bonds. The summed E-state index contributed by atoms with van der Waals surface area (Å²) in [6.07, 6.45) is 1.68. The van der Waals surface area contributed by atoms with E-state index in [0.29, 0.717) is 0 Å². The second kappa shape index (κ2) is 2.39. The van der Waals surface area contributed by atoms with E-state index in [0.717, 1.165) is 10.5 Å². The standard InChI is InChI=1S/C5H7BrN2O/c1-8-3-7-4(6)5(8)9-2/h3H,1-2H3. The summed E-state index contributed by atoms with van der Waals surface area (Å²) in [5.74, 6) is 0.745. The fourth-order valence-electron chi connectivity index (χ4n) is 0.619. The summed E-state index contributed by atoms with van der Waals surface area (Å²) in [7, 11) is 3.48. The molecule has 4 heteroatoms. The number of imidazole rings is 1. The van der Waals surface area contributed by atoms with E-state index in [9.17, 15) is 0 Å². The summed E-state index contributed by atoms with van der Waals surface area (Å²) in [6.45, 7) is 0. The van der Waals surface area contributed by atoms with Crippen molar-refractivity contribution in [3.8, 4) is 5.88 Å². The van der Waals surface area contributed by atoms with E-state index in [1.54, 1.807) is 18.0 Å². The van der Waals surface area contributed by atoms with Crippen LogP contribution in [-0.2, 0) is 7.05 Å². The Morgan fingerprint density at radius 3 is 2.67 bits per heavy atom. The van der Waals surface area contributed by atoms with Crippen molar-refractivity contribution in [2.24, 2.45) is 7.05 Å². The molecule has 0 unspecified atom stereocenters. The lowest BCUT2D eigenvalue weighted by Gasteiger charge is -1.97. The lowest BCUT2D eigenvalue weighted by atomic mass is 10.8. The predicted octanol–water partition coefficient (Wildman–Crippen LogP) is 1.19. The van der Waals surface area contributed by atoms with Crippen LogP contribution in [0.3, 0.4) is 0 Å². The molecule has 1 aromatic heterocycles. The number of halogens is 1. The van der Waals surface area contributed by atoms with E-state index < -0.39 is 0 Å². The maximum Gasteiger partial charge on any atom is 0.228 e. The normalized spacial score (nSPS) is 9.67. The van der Waals surface area contributed by atoms with Crippen LogP contribution in [0.4, 0.5) is 0 Å². The van der Waals surface area contributed by atoms with Gasteiger partial charge in [0, 0.05) is 7.05 Å². The van der Waals surface area contributed by atoms with Gasteiger partial charge in [-0.15, -0.1) is 0 Å². The molecule has 0 atom stereocenters. The van der Waals surface area contributed by atoms with Crippen molar-refractivity contribution in [3.05, 3.63) is 10.9 Å². The molecule has 0 aliphatic heterocycles. The minimum atomic E-state index is 0.743. The van der Waals surface area contributed by atoms with Crippen LogP contribution in [0, 0.1) is 0 Å². The first-order valence-electron chi connectivity index (χ1n) is 2.46. The molecule has 0 saturated heterocycles. The Morgan fingerprint density at radius 2 is 2.44 bits per heavy atom. The zero-order valence-corrected chi connectivity index (χ0v) is 6.84. The number of methoxy groups -OCH3 is 1. The maximum absolute atomic E-state index is 4.97. The monoisotopic (exact) mass is 190 g/mol. The van der Waals surface area contributed by atoms with Crippen molar-refractivity contribution in [2.45, 2.75) is 0 Å². The molecule has 9 heavy (non-hydrogen) atoms. The number of aryl methyl sites for hydroxylation is 1. The average Bonchev–Trinajstić information content (AvgIpc) is 2.12. The Bertz CT molecular complexity index is 189. The summed E-state index contributed by atoms with van der Waals surface area (Å²) >= 11 is 3.22. The first-order valence-corrected chi connectivity index (χ1v) is 3.26. The van der Waals surface area contributed by atoms with E-state index >= 15 is 0 Å². The van der Waals surface area contributed by atoms with Crippen molar-refractivity contribution >= 4 is 15.9 Å². The Hall–Kier alpha value is -0.510. The van der Waals surface area contributed by atoms with Gasteiger partial charge in [-0.05, 0) is 15.9 Å². The van der Waals surface area contributed by atoms with Gasteiger partial charge in [0.05, 0.1) is 13.4 Å². The van der Waals surface area contributed by atoms with E-state index in [1.807, 2.05) is 7.05 Å². The van der Waals surface area contributed by atoms with Crippen LogP contribution in [0.15, 0.2) is 10.9 Å². The van der Waals surface area contributed by atoms with Gasteiger partial charge in [-0.3, -0.25) is 0 Å². The van der Waals surface area contributed by atoms with Crippen molar-refractivity contribution in [1.82, 2.24) is 9.55 Å². The zero-order valence-electron chi connectivity index (χ0n) is 5.26. The van der Waals surface area contributed by atoms with Gasteiger partial charge in [-0.25, -0.2) is 4.98 Å². The largest absolute Gasteiger partial charge is 0.480 e. The smallest absolute Gasteiger partial charge is 0.228 e. The van der Waals surface area contributed by atoms with Crippen molar-refractivity contribution in [3.63, 3.8) is 0 Å². The number of ether oxygens (including phenoxy) is 1. The van der Waals surface area contributed by atoms with Crippen LogP contribution >= 0.6 is 15.9 Å². The van der Waals surface area contributed by atoms with Crippen LogP contribution in [0.1, 0.15) is 0 Å². The lowest BCUT2D eigenvalue weighted by Crippen LogP contribution is -1.91. The first-order chi connectivity index (χ1) is 4.25. The maximum atomic E-state index is 4.97. The number of rotatable bonds is 1. The fourth-order valence-corrected chi connectivity index (χ4v) is 1.15. The molecule has 0 radical (unpaired) electrons. The van der Waals surface area contributed by atoms with Crippen LogP contribution in [-0.4, -0.2) is 16.7 Å². The highest BCUT2D eigenvalue weighted by molar-refractivity contribution is 9.10. The molecule has 0 aliphatic rings. The third-order valence-corrected chi connectivity index (χ3v) is 1.58. The highest BCUT2D eigenvalue weighted by Gasteiger charge is 2.02. The molecule has 0 aliphatic carbocycles. The second-order valence-electron chi connectivity index (χ2n) is 1.66. The molecule has 0 aromatic carbocycles. The molecule has 1 rings (SSSR count). The van der Waals surface area contributed by atoms with Gasteiger partial charge in [0.1, 0.15) is 0 Å². The molecular formula is C5H7BrN2O. The Kier molecular flexibility index (Phi) is 1.75. The molecule has 0 bridgehead atoms. The zero-order chi connectivity index (χ0) is 6.85. The van der Waals surface area contributed by atoms with Gasteiger partial charge in [-0.1, -0.05) is 0 Å². The second-order valence-corrected chi connectivity index (χ2v) is 2.41. The van der Waals surface area contributed by atoms with Gasteiger partial charge < -0.3 is 9.30 Å². The SMILES string of the molecule is COc1c(Br)ncn1C. The molecule has 0 fully saturated rings. The van der Waals surface area contributed by atoms with Crippen LogP contribution in [0.5, 0.6) is 5.88 Å². The van der Waals surface area contributed by atoms with E-state index in [2.05, 4.69) is 20.9 Å². The molecule has 1 heterocycles. The predicted molar refractivity (Wildman–Crippen MR) is 37.5 cm³/mol. The number of nitrogens with zero attached hydrogens (tertiary/aromatic N) is 2. The summed E-state index contributed by atoms with van der Waals surface area (Å²) in [5, 5.41) is 0. The fraction of sp³-hybridized carbons (Fsp3) is 0.400. The molecule has 0 saturated carbocycles. The Morgan fingerprint density at radius 1 is 1.78 bits per heavy atom. The molecule has 0 N–H and O–H groups in total.